The molecule has 0 radical (unpaired) electrons. The van der Waals surface area contributed by atoms with Gasteiger partial charge in [-0.2, -0.15) is 0 Å². The molecule has 3 nitrogen and oxygen atoms in total. The molecule has 4 fully saturated rings. The molecular formula is C11H15IO3. The minimum atomic E-state index is -0.689. The molecule has 0 aromatic carbocycles. The molecule has 15 heavy (non-hydrogen) atoms. The predicted octanol–water partition coefficient (Wildman–Crippen LogP) is 1.96. The van der Waals surface area contributed by atoms with Crippen molar-refractivity contribution in [3.05, 3.63) is 0 Å². The van der Waals surface area contributed by atoms with Crippen LogP contribution in [0.4, 0.5) is 0 Å². The lowest BCUT2D eigenvalue weighted by Crippen LogP contribution is -2.63. The van der Waals surface area contributed by atoms with Crippen LogP contribution in [-0.2, 0) is 4.79 Å². The highest BCUT2D eigenvalue weighted by molar-refractivity contribution is 14.1. The van der Waals surface area contributed by atoms with Gasteiger partial charge < -0.3 is 10.2 Å². The Kier molecular flexibility index (Phi) is 1.86. The number of aliphatic hydroxyl groups is 1. The maximum atomic E-state index is 11.4. The van der Waals surface area contributed by atoms with Crippen molar-refractivity contribution in [3.63, 3.8) is 0 Å². The van der Waals surface area contributed by atoms with Crippen LogP contribution in [-0.4, -0.2) is 25.2 Å². The fourth-order valence-corrected chi connectivity index (χ4v) is 6.57. The number of hydrogen-bond donors (Lipinski definition) is 2. The summed E-state index contributed by atoms with van der Waals surface area (Å²) in [6.07, 6.45) is 4.75. The summed E-state index contributed by atoms with van der Waals surface area (Å²) in [6, 6.07) is 0. The van der Waals surface area contributed by atoms with Crippen molar-refractivity contribution in [1.29, 1.82) is 0 Å². The molecular weight excluding hydrogens is 307 g/mol. The third-order valence-electron chi connectivity index (χ3n) is 4.42. The van der Waals surface area contributed by atoms with Gasteiger partial charge in [0.25, 0.3) is 0 Å². The normalized spacial score (nSPS) is 57.1. The molecule has 0 amide bonds. The van der Waals surface area contributed by atoms with Gasteiger partial charge in [-0.3, -0.25) is 4.79 Å². The van der Waals surface area contributed by atoms with Crippen LogP contribution in [0.15, 0.2) is 0 Å². The summed E-state index contributed by atoms with van der Waals surface area (Å²) >= 11 is 2.40. The highest BCUT2D eigenvalue weighted by atomic mass is 127. The summed E-state index contributed by atoms with van der Waals surface area (Å²) < 4.78 is 0.0459. The van der Waals surface area contributed by atoms with E-state index < -0.39 is 17.0 Å². The summed E-state index contributed by atoms with van der Waals surface area (Å²) in [5.41, 5.74) is -1.30. The van der Waals surface area contributed by atoms with E-state index in [9.17, 15) is 15.0 Å². The minimum Gasteiger partial charge on any atom is -0.481 e. The number of alkyl halides is 1. The molecule has 4 heteroatoms. The van der Waals surface area contributed by atoms with Crippen molar-refractivity contribution >= 4 is 28.6 Å². The number of hydrogen-bond acceptors (Lipinski definition) is 2. The van der Waals surface area contributed by atoms with Crippen LogP contribution < -0.4 is 0 Å². The number of aliphatic carboxylic acids is 1. The standard InChI is InChI=1S/C11H15IO3/c12-10-2-7-1-9(4-10,8(13)14)5-11(15,3-7)6-10/h7,15H,1-6H2,(H,13,14). The van der Waals surface area contributed by atoms with Crippen LogP contribution in [0.1, 0.15) is 38.5 Å². The predicted molar refractivity (Wildman–Crippen MR) is 63.0 cm³/mol. The maximum Gasteiger partial charge on any atom is 0.309 e. The van der Waals surface area contributed by atoms with Crippen molar-refractivity contribution in [2.45, 2.75) is 47.5 Å². The minimum absolute atomic E-state index is 0.0459. The zero-order chi connectivity index (χ0) is 10.9. The Morgan fingerprint density at radius 1 is 1.20 bits per heavy atom. The summed E-state index contributed by atoms with van der Waals surface area (Å²) in [4.78, 5) is 11.4. The second-order valence-electron chi connectivity index (χ2n) is 5.97. The molecule has 0 aliphatic heterocycles. The largest absolute Gasteiger partial charge is 0.481 e. The SMILES string of the molecule is O=C(O)C12CC3CC(O)(CC(I)(C3)C1)C2. The molecule has 4 saturated carbocycles. The third kappa shape index (κ3) is 1.37. The van der Waals surface area contributed by atoms with Gasteiger partial charge in [0.15, 0.2) is 0 Å². The van der Waals surface area contributed by atoms with E-state index in [4.69, 9.17) is 0 Å². The Morgan fingerprint density at radius 2 is 1.93 bits per heavy atom. The van der Waals surface area contributed by atoms with Crippen LogP contribution >= 0.6 is 22.6 Å². The Labute approximate surface area is 102 Å². The fraction of sp³-hybridized carbons (Fsp3) is 0.909. The Balaban J connectivity index is 2.05. The van der Waals surface area contributed by atoms with E-state index in [0.717, 1.165) is 32.1 Å². The molecule has 0 spiro atoms. The molecule has 4 unspecified atom stereocenters. The van der Waals surface area contributed by atoms with Crippen LogP contribution in [0.2, 0.25) is 0 Å². The molecule has 2 N–H and O–H groups in total. The van der Waals surface area contributed by atoms with Crippen molar-refractivity contribution in [2.24, 2.45) is 11.3 Å². The zero-order valence-electron chi connectivity index (χ0n) is 8.50. The molecule has 4 rings (SSSR count). The topological polar surface area (TPSA) is 57.5 Å². The Morgan fingerprint density at radius 3 is 2.47 bits per heavy atom. The van der Waals surface area contributed by atoms with Gasteiger partial charge in [0.05, 0.1) is 11.0 Å². The van der Waals surface area contributed by atoms with Crippen molar-refractivity contribution < 1.29 is 15.0 Å². The van der Waals surface area contributed by atoms with Crippen LogP contribution in [0.3, 0.4) is 0 Å². The summed E-state index contributed by atoms with van der Waals surface area (Å²) in [7, 11) is 0. The Bertz CT molecular complexity index is 323. The van der Waals surface area contributed by atoms with Crippen LogP contribution in [0.25, 0.3) is 0 Å². The number of rotatable bonds is 1. The first-order chi connectivity index (χ1) is 6.85. The molecule has 0 saturated heterocycles. The van der Waals surface area contributed by atoms with Gasteiger partial charge in [0, 0.05) is 3.42 Å². The first-order valence-electron chi connectivity index (χ1n) is 5.50. The molecule has 0 heterocycles. The molecule has 84 valence electrons. The van der Waals surface area contributed by atoms with Crippen molar-refractivity contribution in [3.8, 4) is 0 Å². The average Bonchev–Trinajstić information content (AvgIpc) is 1.95. The molecule has 4 aliphatic carbocycles. The van der Waals surface area contributed by atoms with E-state index >= 15 is 0 Å². The molecule has 4 bridgehead atoms. The summed E-state index contributed by atoms with van der Waals surface area (Å²) in [6.45, 7) is 0. The molecule has 4 aliphatic rings. The highest BCUT2D eigenvalue weighted by Crippen LogP contribution is 2.65. The molecule has 0 aromatic heterocycles. The van der Waals surface area contributed by atoms with Gasteiger partial charge in [-0.25, -0.2) is 0 Å². The number of carboxylic acid groups (broad SMARTS) is 1. The third-order valence-corrected chi connectivity index (χ3v) is 5.63. The molecule has 4 atom stereocenters. The summed E-state index contributed by atoms with van der Waals surface area (Å²) in [5.74, 6) is -0.259. The number of carbonyl (C=O) groups is 1. The van der Waals surface area contributed by atoms with Gasteiger partial charge in [-0.05, 0) is 44.4 Å². The lowest BCUT2D eigenvalue weighted by atomic mass is 9.48. The van der Waals surface area contributed by atoms with Gasteiger partial charge in [0.2, 0.25) is 0 Å². The van der Waals surface area contributed by atoms with E-state index in [-0.39, 0.29) is 3.42 Å². The lowest BCUT2D eigenvalue weighted by Gasteiger charge is -2.61. The van der Waals surface area contributed by atoms with Crippen molar-refractivity contribution in [2.75, 3.05) is 0 Å². The first-order valence-corrected chi connectivity index (χ1v) is 6.58. The maximum absolute atomic E-state index is 11.4. The van der Waals surface area contributed by atoms with Gasteiger partial charge >= 0.3 is 5.97 Å². The smallest absolute Gasteiger partial charge is 0.309 e. The fourth-order valence-electron chi connectivity index (χ4n) is 4.51. The van der Waals surface area contributed by atoms with E-state index in [1.54, 1.807) is 0 Å². The van der Waals surface area contributed by atoms with Crippen molar-refractivity contribution in [1.82, 2.24) is 0 Å². The molecule has 0 aromatic rings. The number of halogens is 1. The van der Waals surface area contributed by atoms with E-state index in [1.165, 1.54) is 0 Å². The monoisotopic (exact) mass is 322 g/mol. The zero-order valence-corrected chi connectivity index (χ0v) is 10.7. The van der Waals surface area contributed by atoms with E-state index in [0.29, 0.717) is 12.3 Å². The second kappa shape index (κ2) is 2.70. The van der Waals surface area contributed by atoms with Gasteiger partial charge in [-0.1, -0.05) is 22.6 Å². The van der Waals surface area contributed by atoms with Gasteiger partial charge in [0.1, 0.15) is 0 Å². The Hall–Kier alpha value is 0.160. The van der Waals surface area contributed by atoms with E-state index in [2.05, 4.69) is 22.6 Å². The average molecular weight is 322 g/mol. The van der Waals surface area contributed by atoms with Gasteiger partial charge in [-0.15, -0.1) is 0 Å². The summed E-state index contributed by atoms with van der Waals surface area (Å²) in [5, 5.41) is 19.8. The van der Waals surface area contributed by atoms with Crippen LogP contribution in [0.5, 0.6) is 0 Å². The van der Waals surface area contributed by atoms with E-state index in [1.807, 2.05) is 0 Å². The lowest BCUT2D eigenvalue weighted by molar-refractivity contribution is -0.184. The number of carboxylic acids is 1. The van der Waals surface area contributed by atoms with Crippen LogP contribution in [0, 0.1) is 11.3 Å². The quantitative estimate of drug-likeness (QED) is 0.573. The highest BCUT2D eigenvalue weighted by Gasteiger charge is 2.65. The first kappa shape index (κ1) is 10.3. The second-order valence-corrected chi connectivity index (χ2v) is 8.26.